The summed E-state index contributed by atoms with van der Waals surface area (Å²) < 4.78 is 41.9. The second-order valence-corrected chi connectivity index (χ2v) is 10.7. The molecule has 0 aliphatic heterocycles. The molecule has 4 rings (SSSR count). The third-order valence-electron chi connectivity index (χ3n) is 5.79. The van der Waals surface area contributed by atoms with E-state index in [0.29, 0.717) is 33.9 Å². The van der Waals surface area contributed by atoms with Crippen LogP contribution >= 0.6 is 11.6 Å². The lowest BCUT2D eigenvalue weighted by Crippen LogP contribution is -2.28. The highest BCUT2D eigenvalue weighted by atomic mass is 35.5. The zero-order valence-electron chi connectivity index (χ0n) is 18.8. The highest BCUT2D eigenvalue weighted by molar-refractivity contribution is 7.91. The van der Waals surface area contributed by atoms with E-state index in [1.54, 1.807) is 53.7 Å². The number of fused-ring (bicyclic) bond motifs is 1. The maximum Gasteiger partial charge on any atom is 0.228 e. The van der Waals surface area contributed by atoms with Gasteiger partial charge in [-0.3, -0.25) is 4.79 Å². The molecule has 2 heterocycles. The molecule has 5 nitrogen and oxygen atoms in total. The van der Waals surface area contributed by atoms with Crippen molar-refractivity contribution >= 4 is 32.9 Å². The van der Waals surface area contributed by atoms with E-state index in [1.165, 1.54) is 24.3 Å². The fourth-order valence-electron chi connectivity index (χ4n) is 4.13. The minimum absolute atomic E-state index is 0.0418. The molecule has 0 bridgehead atoms. The molecule has 0 N–H and O–H groups in total. The largest absolute Gasteiger partial charge is 0.341 e. The Bertz CT molecular complexity index is 1460. The van der Waals surface area contributed by atoms with E-state index in [0.717, 1.165) is 5.56 Å². The minimum atomic E-state index is -3.75. The monoisotopic (exact) mass is 498 g/mol. The summed E-state index contributed by atoms with van der Waals surface area (Å²) in [7, 11) is -2.05. The van der Waals surface area contributed by atoms with Gasteiger partial charge in [0.1, 0.15) is 5.82 Å². The number of carbonyl (C=O) groups is 1. The summed E-state index contributed by atoms with van der Waals surface area (Å²) in [5, 5.41) is 0.600. The van der Waals surface area contributed by atoms with Crippen molar-refractivity contribution in [2.45, 2.75) is 30.5 Å². The number of nitrogens with zero attached hydrogens (tertiary/aromatic N) is 2. The van der Waals surface area contributed by atoms with E-state index in [2.05, 4.69) is 0 Å². The third-order valence-corrected chi connectivity index (χ3v) is 7.88. The average Bonchev–Trinajstić information content (AvgIpc) is 3.07. The standard InChI is InChI=1S/C26H24ClFN2O3S/c1-18-24(15-25(31)29(2)16-20-6-5-7-21(27)14-20)30-13-4-3-8-23(30)26(18)34(32,33)17-19-9-11-22(28)12-10-19/h3-14H,15-17H2,1-2H3. The average molecular weight is 499 g/mol. The predicted octanol–water partition coefficient (Wildman–Crippen LogP) is 5.22. The SMILES string of the molecule is Cc1c(S(=O)(=O)Cc2ccc(F)cc2)c2ccccn2c1CC(=O)N(C)Cc1cccc(Cl)c1. The van der Waals surface area contributed by atoms with Gasteiger partial charge >= 0.3 is 0 Å². The summed E-state index contributed by atoms with van der Waals surface area (Å²) in [4.78, 5) is 14.9. The fraction of sp³-hybridized carbons (Fsp3) is 0.192. The number of halogens is 2. The molecule has 1 amide bonds. The number of likely N-dealkylation sites (N-methyl/N-ethyl adjacent to an activating group) is 1. The topological polar surface area (TPSA) is 58.9 Å². The summed E-state index contributed by atoms with van der Waals surface area (Å²) in [5.41, 5.74) is 3.08. The molecule has 0 aliphatic carbocycles. The molecule has 0 atom stereocenters. The normalized spacial score (nSPS) is 11.6. The maximum atomic E-state index is 13.4. The summed E-state index contributed by atoms with van der Waals surface area (Å²) in [6, 6.07) is 18.0. The highest BCUT2D eigenvalue weighted by Gasteiger charge is 2.27. The first kappa shape index (κ1) is 24.0. The number of hydrogen-bond donors (Lipinski definition) is 0. The molecule has 0 unspecified atom stereocenters. The van der Waals surface area contributed by atoms with Crippen LogP contribution in [0.3, 0.4) is 0 Å². The van der Waals surface area contributed by atoms with Gasteiger partial charge in [-0.05, 0) is 60.0 Å². The number of benzene rings is 2. The Morgan fingerprint density at radius 2 is 1.76 bits per heavy atom. The molecule has 2 aromatic heterocycles. The lowest BCUT2D eigenvalue weighted by molar-refractivity contribution is -0.129. The van der Waals surface area contributed by atoms with Crippen LogP contribution in [0.5, 0.6) is 0 Å². The summed E-state index contributed by atoms with van der Waals surface area (Å²) in [6.07, 6.45) is 1.80. The number of amides is 1. The van der Waals surface area contributed by atoms with E-state index in [-0.39, 0.29) is 23.0 Å². The first-order valence-corrected chi connectivity index (χ1v) is 12.7. The Hall–Kier alpha value is -3.16. The van der Waals surface area contributed by atoms with E-state index in [4.69, 9.17) is 11.6 Å². The van der Waals surface area contributed by atoms with E-state index in [9.17, 15) is 17.6 Å². The highest BCUT2D eigenvalue weighted by Crippen LogP contribution is 2.31. The summed E-state index contributed by atoms with van der Waals surface area (Å²) in [6.45, 7) is 2.11. The molecule has 0 radical (unpaired) electrons. The van der Waals surface area contributed by atoms with Crippen LogP contribution in [-0.4, -0.2) is 30.7 Å². The van der Waals surface area contributed by atoms with Crippen molar-refractivity contribution in [3.63, 3.8) is 0 Å². The van der Waals surface area contributed by atoms with Gasteiger partial charge in [0.05, 0.1) is 22.6 Å². The van der Waals surface area contributed by atoms with Gasteiger partial charge in [0.25, 0.3) is 0 Å². The Morgan fingerprint density at radius 1 is 1.03 bits per heavy atom. The number of pyridine rings is 1. The van der Waals surface area contributed by atoms with E-state index < -0.39 is 15.7 Å². The van der Waals surface area contributed by atoms with Crippen molar-refractivity contribution in [1.82, 2.24) is 9.30 Å². The molecule has 8 heteroatoms. The van der Waals surface area contributed by atoms with Gasteiger partial charge in [0.15, 0.2) is 9.84 Å². The Kier molecular flexibility index (Phi) is 6.77. The lowest BCUT2D eigenvalue weighted by atomic mass is 10.1. The molecular formula is C26H24ClFN2O3S. The predicted molar refractivity (Wildman–Crippen MR) is 131 cm³/mol. The first-order valence-electron chi connectivity index (χ1n) is 10.7. The molecule has 176 valence electrons. The third kappa shape index (κ3) is 5.00. The van der Waals surface area contributed by atoms with Crippen molar-refractivity contribution in [3.8, 4) is 0 Å². The molecule has 2 aromatic carbocycles. The van der Waals surface area contributed by atoms with Gasteiger partial charge in [-0.1, -0.05) is 41.9 Å². The van der Waals surface area contributed by atoms with Crippen LogP contribution in [0.2, 0.25) is 5.02 Å². The van der Waals surface area contributed by atoms with Crippen molar-refractivity contribution < 1.29 is 17.6 Å². The fourth-order valence-corrected chi connectivity index (χ4v) is 6.18. The number of hydrogen-bond acceptors (Lipinski definition) is 3. The summed E-state index contributed by atoms with van der Waals surface area (Å²) >= 11 is 6.05. The molecule has 0 aliphatic rings. The van der Waals surface area contributed by atoms with Gasteiger partial charge in [0.2, 0.25) is 5.91 Å². The number of aromatic nitrogens is 1. The quantitative estimate of drug-likeness (QED) is 0.351. The second-order valence-electron chi connectivity index (χ2n) is 8.30. The Balaban J connectivity index is 1.66. The van der Waals surface area contributed by atoms with E-state index >= 15 is 0 Å². The lowest BCUT2D eigenvalue weighted by Gasteiger charge is -2.18. The van der Waals surface area contributed by atoms with Crippen LogP contribution in [0.25, 0.3) is 5.52 Å². The van der Waals surface area contributed by atoms with Crippen LogP contribution in [0.15, 0.2) is 77.8 Å². The molecule has 0 spiro atoms. The van der Waals surface area contributed by atoms with Crippen molar-refractivity contribution in [3.05, 3.63) is 106 Å². The van der Waals surface area contributed by atoms with Crippen LogP contribution in [-0.2, 0) is 33.4 Å². The zero-order chi connectivity index (χ0) is 24.5. The van der Waals surface area contributed by atoms with Crippen LogP contribution in [0.4, 0.5) is 4.39 Å². The zero-order valence-corrected chi connectivity index (χ0v) is 20.4. The first-order chi connectivity index (χ1) is 16.2. The second kappa shape index (κ2) is 9.60. The van der Waals surface area contributed by atoms with Gasteiger partial charge < -0.3 is 9.30 Å². The Morgan fingerprint density at radius 3 is 2.47 bits per heavy atom. The number of sulfone groups is 1. The number of carbonyl (C=O) groups excluding carboxylic acids is 1. The van der Waals surface area contributed by atoms with Gasteiger partial charge in [-0.25, -0.2) is 12.8 Å². The number of rotatable bonds is 7. The summed E-state index contributed by atoms with van der Waals surface area (Å²) in [5.74, 6) is -0.826. The van der Waals surface area contributed by atoms with Crippen molar-refractivity contribution in [1.29, 1.82) is 0 Å². The molecule has 4 aromatic rings. The van der Waals surface area contributed by atoms with Crippen LogP contribution in [0.1, 0.15) is 22.4 Å². The maximum absolute atomic E-state index is 13.4. The molecule has 0 saturated heterocycles. The Labute approximate surface area is 203 Å². The van der Waals surface area contributed by atoms with Crippen LogP contribution in [0, 0.1) is 12.7 Å². The van der Waals surface area contributed by atoms with Gasteiger partial charge in [-0.15, -0.1) is 0 Å². The van der Waals surface area contributed by atoms with Crippen molar-refractivity contribution in [2.75, 3.05) is 7.05 Å². The molecule has 34 heavy (non-hydrogen) atoms. The minimum Gasteiger partial charge on any atom is -0.341 e. The van der Waals surface area contributed by atoms with Crippen LogP contribution < -0.4 is 0 Å². The van der Waals surface area contributed by atoms with E-state index in [1.807, 2.05) is 18.2 Å². The van der Waals surface area contributed by atoms with Crippen molar-refractivity contribution in [2.24, 2.45) is 0 Å². The molecule has 0 fully saturated rings. The molecule has 0 saturated carbocycles. The van der Waals surface area contributed by atoms with Gasteiger partial charge in [-0.2, -0.15) is 0 Å². The molecular weight excluding hydrogens is 475 g/mol. The smallest absolute Gasteiger partial charge is 0.228 e. The van der Waals surface area contributed by atoms with Gasteiger partial charge in [0, 0.05) is 30.5 Å².